The number of amides is 2. The van der Waals surface area contributed by atoms with E-state index in [0.717, 1.165) is 5.56 Å². The molecule has 2 aromatic carbocycles. The van der Waals surface area contributed by atoms with Crippen molar-refractivity contribution in [1.82, 2.24) is 14.9 Å². The molecule has 0 unspecified atom stereocenters. The minimum absolute atomic E-state index is 0.0577. The fraction of sp³-hybridized carbons (Fsp3) is 0.273. The minimum Gasteiger partial charge on any atom is -0.350 e. The third-order valence-corrected chi connectivity index (χ3v) is 6.95. The second-order valence-electron chi connectivity index (χ2n) is 7.08. The van der Waals surface area contributed by atoms with Gasteiger partial charge in [-0.3, -0.25) is 9.59 Å². The molecule has 1 fully saturated rings. The first-order chi connectivity index (χ1) is 14.4. The van der Waals surface area contributed by atoms with Crippen LogP contribution in [0.15, 0.2) is 72.1 Å². The summed E-state index contributed by atoms with van der Waals surface area (Å²) in [6.45, 7) is 4.47. The van der Waals surface area contributed by atoms with E-state index in [2.05, 4.69) is 17.2 Å². The molecule has 0 aliphatic carbocycles. The Balaban J connectivity index is 1.59. The van der Waals surface area contributed by atoms with Crippen LogP contribution < -0.4 is 10.6 Å². The lowest BCUT2D eigenvalue weighted by molar-refractivity contribution is -0.117. The van der Waals surface area contributed by atoms with Gasteiger partial charge >= 0.3 is 0 Å². The quantitative estimate of drug-likeness (QED) is 0.662. The summed E-state index contributed by atoms with van der Waals surface area (Å²) in [6, 6.07) is 15.4. The molecule has 2 aromatic rings. The van der Waals surface area contributed by atoms with Crippen molar-refractivity contribution < 1.29 is 18.0 Å². The number of piperidine rings is 1. The van der Waals surface area contributed by atoms with Gasteiger partial charge in [0.2, 0.25) is 15.9 Å². The molecule has 8 heteroatoms. The van der Waals surface area contributed by atoms with Crippen LogP contribution in [0.25, 0.3) is 0 Å². The zero-order valence-electron chi connectivity index (χ0n) is 16.6. The standard InChI is InChI=1S/C22H25N3O4S/c1-2-21(26)24-19-12-14-25(15-13-19)30(28,29)20-10-8-18(9-11-20)22(27)23-16-17-6-4-3-5-7-17/h2-11,19H,1,12-16H2,(H,23,27)(H,24,26). The van der Waals surface area contributed by atoms with E-state index in [1.54, 1.807) is 0 Å². The Morgan fingerprint density at radius 1 is 1.03 bits per heavy atom. The maximum Gasteiger partial charge on any atom is 0.251 e. The van der Waals surface area contributed by atoms with Crippen LogP contribution in [0.4, 0.5) is 0 Å². The molecule has 2 N–H and O–H groups in total. The van der Waals surface area contributed by atoms with Crippen molar-refractivity contribution in [2.75, 3.05) is 13.1 Å². The molecule has 158 valence electrons. The summed E-state index contributed by atoms with van der Waals surface area (Å²) in [4.78, 5) is 23.9. The number of carbonyl (C=O) groups is 2. The minimum atomic E-state index is -3.65. The van der Waals surface area contributed by atoms with Gasteiger partial charge in [-0.1, -0.05) is 36.9 Å². The molecule has 0 atom stereocenters. The lowest BCUT2D eigenvalue weighted by atomic mass is 10.1. The maximum atomic E-state index is 12.9. The van der Waals surface area contributed by atoms with Crippen LogP contribution in [0.5, 0.6) is 0 Å². The summed E-state index contributed by atoms with van der Waals surface area (Å²) in [5, 5.41) is 5.62. The van der Waals surface area contributed by atoms with Gasteiger partial charge in [0.15, 0.2) is 0 Å². The van der Waals surface area contributed by atoms with Crippen molar-refractivity contribution >= 4 is 21.8 Å². The molecule has 3 rings (SSSR count). The van der Waals surface area contributed by atoms with Gasteiger partial charge in [-0.15, -0.1) is 0 Å². The SMILES string of the molecule is C=CC(=O)NC1CCN(S(=O)(=O)c2ccc(C(=O)NCc3ccccc3)cc2)CC1. The fourth-order valence-electron chi connectivity index (χ4n) is 3.31. The Kier molecular flexibility index (Phi) is 7.02. The summed E-state index contributed by atoms with van der Waals surface area (Å²) < 4.78 is 27.2. The summed E-state index contributed by atoms with van der Waals surface area (Å²) in [5.74, 6) is -0.515. The predicted octanol–water partition coefficient (Wildman–Crippen LogP) is 2.07. The first kappa shape index (κ1) is 21.7. The molecule has 0 spiro atoms. The second kappa shape index (κ2) is 9.69. The highest BCUT2D eigenvalue weighted by Crippen LogP contribution is 2.21. The normalized spacial score (nSPS) is 15.3. The molecule has 1 saturated heterocycles. The summed E-state index contributed by atoms with van der Waals surface area (Å²) in [6.07, 6.45) is 2.29. The van der Waals surface area contributed by atoms with E-state index in [9.17, 15) is 18.0 Å². The molecule has 1 aliphatic heterocycles. The molecule has 0 aromatic heterocycles. The smallest absolute Gasteiger partial charge is 0.251 e. The topological polar surface area (TPSA) is 95.6 Å². The van der Waals surface area contributed by atoms with E-state index < -0.39 is 10.0 Å². The number of hydrogen-bond donors (Lipinski definition) is 2. The average molecular weight is 428 g/mol. The summed E-state index contributed by atoms with van der Waals surface area (Å²) in [7, 11) is -3.65. The zero-order chi connectivity index (χ0) is 21.6. The molecule has 0 saturated carbocycles. The van der Waals surface area contributed by atoms with Crippen molar-refractivity contribution in [3.63, 3.8) is 0 Å². The van der Waals surface area contributed by atoms with Crippen molar-refractivity contribution in [1.29, 1.82) is 0 Å². The first-order valence-corrected chi connectivity index (χ1v) is 11.2. The van der Waals surface area contributed by atoms with Crippen LogP contribution in [0.3, 0.4) is 0 Å². The van der Waals surface area contributed by atoms with Crippen LogP contribution in [-0.4, -0.2) is 43.7 Å². The number of sulfonamides is 1. The van der Waals surface area contributed by atoms with Crippen molar-refractivity contribution in [2.45, 2.75) is 30.3 Å². The van der Waals surface area contributed by atoms with Crippen LogP contribution >= 0.6 is 0 Å². The van der Waals surface area contributed by atoms with Gasteiger partial charge in [0.05, 0.1) is 4.90 Å². The largest absolute Gasteiger partial charge is 0.350 e. The van der Waals surface area contributed by atoms with Gasteiger partial charge in [0, 0.05) is 31.2 Å². The Morgan fingerprint density at radius 3 is 2.27 bits per heavy atom. The van der Waals surface area contributed by atoms with E-state index in [-0.39, 0.29) is 22.8 Å². The van der Waals surface area contributed by atoms with Crippen LogP contribution in [0.1, 0.15) is 28.8 Å². The Hall–Kier alpha value is -2.97. The second-order valence-corrected chi connectivity index (χ2v) is 9.02. The van der Waals surface area contributed by atoms with E-state index in [1.165, 1.54) is 34.6 Å². The highest BCUT2D eigenvalue weighted by molar-refractivity contribution is 7.89. The highest BCUT2D eigenvalue weighted by Gasteiger charge is 2.29. The molecular weight excluding hydrogens is 402 g/mol. The van der Waals surface area contributed by atoms with Gasteiger partial charge in [0.1, 0.15) is 0 Å². The van der Waals surface area contributed by atoms with Crippen molar-refractivity contribution in [3.05, 3.63) is 78.4 Å². The lowest BCUT2D eigenvalue weighted by Crippen LogP contribution is -2.46. The van der Waals surface area contributed by atoms with Crippen LogP contribution in [0, 0.1) is 0 Å². The van der Waals surface area contributed by atoms with Gasteiger partial charge < -0.3 is 10.6 Å². The lowest BCUT2D eigenvalue weighted by Gasteiger charge is -2.31. The third kappa shape index (κ3) is 5.34. The molecule has 1 heterocycles. The summed E-state index contributed by atoms with van der Waals surface area (Å²) in [5.41, 5.74) is 1.38. The number of benzene rings is 2. The van der Waals surface area contributed by atoms with E-state index in [4.69, 9.17) is 0 Å². The number of carbonyl (C=O) groups excluding carboxylic acids is 2. The third-order valence-electron chi connectivity index (χ3n) is 5.04. The van der Waals surface area contributed by atoms with E-state index in [0.29, 0.717) is 38.0 Å². The Bertz CT molecular complexity index is 996. The number of nitrogens with zero attached hydrogens (tertiary/aromatic N) is 1. The molecular formula is C22H25N3O4S. The molecule has 0 radical (unpaired) electrons. The number of nitrogens with one attached hydrogen (secondary N) is 2. The first-order valence-electron chi connectivity index (χ1n) is 9.75. The molecule has 7 nitrogen and oxygen atoms in total. The van der Waals surface area contributed by atoms with Crippen LogP contribution in [0.2, 0.25) is 0 Å². The van der Waals surface area contributed by atoms with Gasteiger partial charge in [0.25, 0.3) is 5.91 Å². The number of rotatable bonds is 7. The Labute approximate surface area is 176 Å². The van der Waals surface area contributed by atoms with Gasteiger partial charge in [-0.2, -0.15) is 4.31 Å². The van der Waals surface area contributed by atoms with Gasteiger partial charge in [-0.25, -0.2) is 8.42 Å². The maximum absolute atomic E-state index is 12.9. The van der Waals surface area contributed by atoms with Crippen LogP contribution in [-0.2, 0) is 21.4 Å². The highest BCUT2D eigenvalue weighted by atomic mass is 32.2. The monoisotopic (exact) mass is 427 g/mol. The molecule has 30 heavy (non-hydrogen) atoms. The van der Waals surface area contributed by atoms with E-state index in [1.807, 2.05) is 30.3 Å². The Morgan fingerprint density at radius 2 is 1.67 bits per heavy atom. The molecule has 0 bridgehead atoms. The van der Waals surface area contributed by atoms with E-state index >= 15 is 0 Å². The zero-order valence-corrected chi connectivity index (χ0v) is 17.4. The molecule has 1 aliphatic rings. The van der Waals surface area contributed by atoms with Crippen molar-refractivity contribution in [3.8, 4) is 0 Å². The fourth-order valence-corrected chi connectivity index (χ4v) is 4.78. The molecule has 2 amide bonds. The van der Waals surface area contributed by atoms with Gasteiger partial charge in [-0.05, 0) is 48.7 Å². The summed E-state index contributed by atoms with van der Waals surface area (Å²) >= 11 is 0. The average Bonchev–Trinajstić information content (AvgIpc) is 2.78. The van der Waals surface area contributed by atoms with Crippen molar-refractivity contribution in [2.24, 2.45) is 0 Å². The predicted molar refractivity (Wildman–Crippen MR) is 114 cm³/mol. The number of hydrogen-bond acceptors (Lipinski definition) is 4.